The average Bonchev–Trinajstić information content (AvgIpc) is 2.99. The van der Waals surface area contributed by atoms with Crippen molar-refractivity contribution in [2.45, 2.75) is 25.2 Å². The third kappa shape index (κ3) is 3.87. The van der Waals surface area contributed by atoms with Gasteiger partial charge in [0.1, 0.15) is 5.82 Å². The van der Waals surface area contributed by atoms with Crippen molar-refractivity contribution in [3.05, 3.63) is 65.5 Å². The molecule has 0 aliphatic carbocycles. The van der Waals surface area contributed by atoms with Crippen LogP contribution in [-0.4, -0.2) is 25.5 Å². The summed E-state index contributed by atoms with van der Waals surface area (Å²) in [5.74, 6) is -0.600. The Morgan fingerprint density at radius 3 is 2.60 bits per heavy atom. The smallest absolute Gasteiger partial charge is 0.306 e. The summed E-state index contributed by atoms with van der Waals surface area (Å²) in [6.45, 7) is 0.483. The van der Waals surface area contributed by atoms with Crippen LogP contribution >= 0.6 is 0 Å². The molecular weight excluding hydrogens is 321 g/mol. The van der Waals surface area contributed by atoms with Crippen LogP contribution in [0.15, 0.2) is 48.5 Å². The fraction of sp³-hybridized carbons (Fsp3) is 0.300. The van der Waals surface area contributed by atoms with E-state index in [9.17, 15) is 14.0 Å². The molecule has 1 aliphatic rings. The number of amides is 1. The molecule has 25 heavy (non-hydrogen) atoms. The van der Waals surface area contributed by atoms with E-state index in [1.165, 1.54) is 19.2 Å². The number of esters is 1. The topological polar surface area (TPSA) is 46.6 Å². The Morgan fingerprint density at radius 1 is 1.16 bits per heavy atom. The first-order chi connectivity index (χ1) is 12.1. The van der Waals surface area contributed by atoms with Crippen LogP contribution < -0.4 is 4.90 Å². The Labute approximate surface area is 146 Å². The van der Waals surface area contributed by atoms with Crippen LogP contribution in [0.5, 0.6) is 0 Å². The minimum Gasteiger partial charge on any atom is -0.469 e. The van der Waals surface area contributed by atoms with Gasteiger partial charge in [0.2, 0.25) is 5.91 Å². The highest BCUT2D eigenvalue weighted by Crippen LogP contribution is 2.38. The normalized spacial score (nSPS) is 15.8. The largest absolute Gasteiger partial charge is 0.469 e. The summed E-state index contributed by atoms with van der Waals surface area (Å²) in [6, 6.07) is 13.9. The molecule has 2 aromatic carbocycles. The second kappa shape index (κ2) is 7.47. The minimum absolute atomic E-state index is 0.00383. The number of aryl methyl sites for hydroxylation is 1. The van der Waals surface area contributed by atoms with E-state index in [0.717, 1.165) is 16.8 Å². The Kier molecular flexibility index (Phi) is 5.12. The van der Waals surface area contributed by atoms with E-state index in [-0.39, 0.29) is 30.0 Å². The summed E-state index contributed by atoms with van der Waals surface area (Å²) >= 11 is 0. The van der Waals surface area contributed by atoms with Gasteiger partial charge in [-0.15, -0.1) is 0 Å². The maximum absolute atomic E-state index is 13.0. The predicted molar refractivity (Wildman–Crippen MR) is 92.9 cm³/mol. The van der Waals surface area contributed by atoms with E-state index in [2.05, 4.69) is 0 Å². The molecule has 1 heterocycles. The number of carbonyl (C=O) groups is 2. The van der Waals surface area contributed by atoms with Gasteiger partial charge < -0.3 is 9.64 Å². The molecule has 2 aromatic rings. The first-order valence-corrected chi connectivity index (χ1v) is 8.29. The lowest BCUT2D eigenvalue weighted by Crippen LogP contribution is -2.30. The fourth-order valence-electron chi connectivity index (χ4n) is 3.23. The summed E-state index contributed by atoms with van der Waals surface area (Å²) in [7, 11) is 1.37. The predicted octanol–water partition coefficient (Wildman–Crippen LogP) is 3.45. The number of hydrogen-bond donors (Lipinski definition) is 0. The molecule has 0 radical (unpaired) electrons. The van der Waals surface area contributed by atoms with Gasteiger partial charge in [0, 0.05) is 24.6 Å². The standard InChI is InChI=1S/C20H20FNO3/c1-25-20(24)12-15-13-22(18-5-3-2-4-17(15)18)19(23)11-8-14-6-9-16(21)10-7-14/h2-7,9-10,15H,8,11-13H2,1H3. The molecule has 0 aromatic heterocycles. The summed E-state index contributed by atoms with van der Waals surface area (Å²) in [6.07, 6.45) is 1.15. The second-order valence-corrected chi connectivity index (χ2v) is 6.17. The Balaban J connectivity index is 1.70. The molecular formula is C20H20FNO3. The van der Waals surface area contributed by atoms with E-state index in [1.807, 2.05) is 24.3 Å². The molecule has 0 saturated heterocycles. The van der Waals surface area contributed by atoms with Gasteiger partial charge in [-0.2, -0.15) is 0 Å². The van der Waals surface area contributed by atoms with Gasteiger partial charge in [-0.05, 0) is 35.7 Å². The molecule has 0 N–H and O–H groups in total. The number of benzene rings is 2. The quantitative estimate of drug-likeness (QED) is 0.783. The van der Waals surface area contributed by atoms with Gasteiger partial charge in [0.05, 0.1) is 13.5 Å². The van der Waals surface area contributed by atoms with Crippen LogP contribution in [0.2, 0.25) is 0 Å². The Hall–Kier alpha value is -2.69. The van der Waals surface area contributed by atoms with Crippen molar-refractivity contribution < 1.29 is 18.7 Å². The van der Waals surface area contributed by atoms with Crippen molar-refractivity contribution in [1.29, 1.82) is 0 Å². The van der Waals surface area contributed by atoms with Gasteiger partial charge >= 0.3 is 5.97 Å². The van der Waals surface area contributed by atoms with Crippen LogP contribution in [0.25, 0.3) is 0 Å². The van der Waals surface area contributed by atoms with Gasteiger partial charge in [0.25, 0.3) is 0 Å². The minimum atomic E-state index is -0.283. The van der Waals surface area contributed by atoms with Gasteiger partial charge in [-0.1, -0.05) is 30.3 Å². The van der Waals surface area contributed by atoms with Crippen LogP contribution in [0.3, 0.4) is 0 Å². The molecule has 1 atom stereocenters. The number of carbonyl (C=O) groups excluding carboxylic acids is 2. The van der Waals surface area contributed by atoms with E-state index in [1.54, 1.807) is 17.0 Å². The maximum atomic E-state index is 13.0. The number of ether oxygens (including phenoxy) is 1. The van der Waals surface area contributed by atoms with E-state index in [0.29, 0.717) is 19.4 Å². The zero-order chi connectivity index (χ0) is 17.8. The first kappa shape index (κ1) is 17.1. The lowest BCUT2D eigenvalue weighted by Gasteiger charge is -2.18. The molecule has 130 valence electrons. The van der Waals surface area contributed by atoms with E-state index in [4.69, 9.17) is 4.74 Å². The number of hydrogen-bond acceptors (Lipinski definition) is 3. The molecule has 1 amide bonds. The monoisotopic (exact) mass is 341 g/mol. The number of halogens is 1. The molecule has 4 nitrogen and oxygen atoms in total. The lowest BCUT2D eigenvalue weighted by molar-refractivity contribution is -0.141. The van der Waals surface area contributed by atoms with Crippen LogP contribution in [0.1, 0.15) is 29.9 Å². The van der Waals surface area contributed by atoms with Gasteiger partial charge in [0.15, 0.2) is 0 Å². The van der Waals surface area contributed by atoms with Crippen molar-refractivity contribution >= 4 is 17.6 Å². The number of methoxy groups -OCH3 is 1. The number of rotatable bonds is 5. The van der Waals surface area contributed by atoms with Crippen molar-refractivity contribution in [3.8, 4) is 0 Å². The highest BCUT2D eigenvalue weighted by molar-refractivity contribution is 5.96. The summed E-state index contributed by atoms with van der Waals surface area (Å²) in [4.78, 5) is 26.1. The molecule has 1 aliphatic heterocycles. The lowest BCUT2D eigenvalue weighted by atomic mass is 9.98. The summed E-state index contributed by atoms with van der Waals surface area (Å²) < 4.78 is 17.7. The average molecular weight is 341 g/mol. The molecule has 3 rings (SSSR count). The van der Waals surface area contributed by atoms with Crippen molar-refractivity contribution in [2.75, 3.05) is 18.6 Å². The molecule has 1 unspecified atom stereocenters. The molecule has 0 fully saturated rings. The van der Waals surface area contributed by atoms with Gasteiger partial charge in [-0.3, -0.25) is 9.59 Å². The molecule has 0 spiro atoms. The fourth-order valence-corrected chi connectivity index (χ4v) is 3.23. The zero-order valence-corrected chi connectivity index (χ0v) is 14.1. The third-order valence-electron chi connectivity index (χ3n) is 4.55. The Bertz CT molecular complexity index is 773. The van der Waals surface area contributed by atoms with Gasteiger partial charge in [-0.25, -0.2) is 4.39 Å². The number of nitrogens with zero attached hydrogens (tertiary/aromatic N) is 1. The molecule has 0 saturated carbocycles. The maximum Gasteiger partial charge on any atom is 0.306 e. The van der Waals surface area contributed by atoms with E-state index < -0.39 is 0 Å². The highest BCUT2D eigenvalue weighted by Gasteiger charge is 2.33. The number of para-hydroxylation sites is 1. The SMILES string of the molecule is COC(=O)CC1CN(C(=O)CCc2ccc(F)cc2)c2ccccc21. The summed E-state index contributed by atoms with van der Waals surface area (Å²) in [5.41, 5.74) is 2.79. The van der Waals surface area contributed by atoms with Crippen LogP contribution in [0.4, 0.5) is 10.1 Å². The van der Waals surface area contributed by atoms with Crippen molar-refractivity contribution in [3.63, 3.8) is 0 Å². The van der Waals surface area contributed by atoms with Crippen molar-refractivity contribution in [2.24, 2.45) is 0 Å². The Morgan fingerprint density at radius 2 is 1.88 bits per heavy atom. The van der Waals surface area contributed by atoms with Crippen LogP contribution in [0, 0.1) is 5.82 Å². The third-order valence-corrected chi connectivity index (χ3v) is 4.55. The zero-order valence-electron chi connectivity index (χ0n) is 14.1. The van der Waals surface area contributed by atoms with Crippen molar-refractivity contribution in [1.82, 2.24) is 0 Å². The summed E-state index contributed by atoms with van der Waals surface area (Å²) in [5, 5.41) is 0. The number of anilines is 1. The number of fused-ring (bicyclic) bond motifs is 1. The van der Waals surface area contributed by atoms with Crippen LogP contribution in [-0.2, 0) is 20.7 Å². The highest BCUT2D eigenvalue weighted by atomic mass is 19.1. The molecule has 0 bridgehead atoms. The second-order valence-electron chi connectivity index (χ2n) is 6.17. The molecule has 5 heteroatoms. The first-order valence-electron chi connectivity index (χ1n) is 8.29. The van der Waals surface area contributed by atoms with E-state index >= 15 is 0 Å².